The number of hydrogen-bond donors (Lipinski definition) is 1. The number of methoxy groups -OCH3 is 1. The fourth-order valence-electron chi connectivity index (χ4n) is 4.07. The van der Waals surface area contributed by atoms with Crippen molar-refractivity contribution >= 4 is 23.0 Å². The van der Waals surface area contributed by atoms with Gasteiger partial charge in [0.25, 0.3) is 5.91 Å². The van der Waals surface area contributed by atoms with Gasteiger partial charge in [-0.2, -0.15) is 0 Å². The van der Waals surface area contributed by atoms with Gasteiger partial charge in [0.15, 0.2) is 17.3 Å². The van der Waals surface area contributed by atoms with Crippen LogP contribution < -0.4 is 9.47 Å². The number of pyridine rings is 1. The number of rotatable bonds is 9. The maximum absolute atomic E-state index is 13.7. The number of ketones is 1. The van der Waals surface area contributed by atoms with Crippen LogP contribution in [0.15, 0.2) is 66.7 Å². The summed E-state index contributed by atoms with van der Waals surface area (Å²) in [4.78, 5) is 37.2. The number of ether oxygens (including phenoxy) is 2. The minimum absolute atomic E-state index is 0.00690. The lowest BCUT2D eigenvalue weighted by atomic mass is 9.94. The van der Waals surface area contributed by atoms with E-state index in [2.05, 4.69) is 16.5 Å². The first-order valence-corrected chi connectivity index (χ1v) is 11.7. The van der Waals surface area contributed by atoms with E-state index in [0.717, 1.165) is 10.6 Å². The summed E-state index contributed by atoms with van der Waals surface area (Å²) in [5, 5.41) is 11.7. The van der Waals surface area contributed by atoms with Crippen LogP contribution in [0.2, 0.25) is 0 Å². The standard InChI is InChI=1S/C26H25N3O5S/c1-5-11-34-19-9-8-18(12-20(19)33-4)22-21(23(30)25-15(2)28-16(3)35-25)24(31)26(32)29(22)14-17-7-6-10-27-13-17/h5-10,12-13,22,31H,1,11,14H2,2-4H3. The smallest absolute Gasteiger partial charge is 0.290 e. The molecule has 180 valence electrons. The van der Waals surface area contributed by atoms with Gasteiger partial charge in [0.1, 0.15) is 6.61 Å². The third kappa shape index (κ3) is 4.67. The van der Waals surface area contributed by atoms with E-state index in [-0.39, 0.29) is 12.1 Å². The molecule has 0 radical (unpaired) electrons. The highest BCUT2D eigenvalue weighted by Crippen LogP contribution is 2.43. The number of hydrogen-bond acceptors (Lipinski definition) is 8. The average molecular weight is 492 g/mol. The molecule has 0 fully saturated rings. The van der Waals surface area contributed by atoms with Crippen molar-refractivity contribution in [2.45, 2.75) is 26.4 Å². The van der Waals surface area contributed by atoms with Gasteiger partial charge in [-0.05, 0) is 43.2 Å². The molecule has 0 saturated heterocycles. The monoisotopic (exact) mass is 491 g/mol. The van der Waals surface area contributed by atoms with Gasteiger partial charge >= 0.3 is 0 Å². The summed E-state index contributed by atoms with van der Waals surface area (Å²) < 4.78 is 11.2. The molecular weight excluding hydrogens is 466 g/mol. The van der Waals surface area contributed by atoms with Crippen molar-refractivity contribution in [2.75, 3.05) is 13.7 Å². The number of carbonyl (C=O) groups is 2. The van der Waals surface area contributed by atoms with Gasteiger partial charge in [-0.3, -0.25) is 14.6 Å². The largest absolute Gasteiger partial charge is 0.503 e. The second kappa shape index (κ2) is 10.1. The highest BCUT2D eigenvalue weighted by Gasteiger charge is 2.44. The van der Waals surface area contributed by atoms with E-state index in [9.17, 15) is 14.7 Å². The normalized spacial score (nSPS) is 15.5. The quantitative estimate of drug-likeness (QED) is 0.347. The molecule has 4 rings (SSSR count). The van der Waals surface area contributed by atoms with Crippen molar-refractivity contribution in [3.63, 3.8) is 0 Å². The zero-order chi connectivity index (χ0) is 25.1. The van der Waals surface area contributed by atoms with Crippen molar-refractivity contribution in [3.8, 4) is 11.5 Å². The van der Waals surface area contributed by atoms with E-state index >= 15 is 0 Å². The minimum atomic E-state index is -0.848. The van der Waals surface area contributed by atoms with Gasteiger partial charge in [-0.15, -0.1) is 11.3 Å². The summed E-state index contributed by atoms with van der Waals surface area (Å²) in [6.45, 7) is 7.64. The topological polar surface area (TPSA) is 102 Å². The van der Waals surface area contributed by atoms with Crippen LogP contribution in [0.1, 0.15) is 37.5 Å². The fraction of sp³-hybridized carbons (Fsp3) is 0.231. The van der Waals surface area contributed by atoms with Crippen molar-refractivity contribution < 1.29 is 24.2 Å². The van der Waals surface area contributed by atoms with Crippen molar-refractivity contribution in [3.05, 3.63) is 93.4 Å². The third-order valence-corrected chi connectivity index (χ3v) is 6.67. The molecule has 8 nitrogen and oxygen atoms in total. The summed E-state index contributed by atoms with van der Waals surface area (Å²) in [5.74, 6) is -0.702. The van der Waals surface area contributed by atoms with Gasteiger partial charge in [0.2, 0.25) is 5.78 Å². The van der Waals surface area contributed by atoms with Crippen LogP contribution in [0, 0.1) is 13.8 Å². The maximum Gasteiger partial charge on any atom is 0.290 e. The number of aromatic nitrogens is 2. The zero-order valence-electron chi connectivity index (χ0n) is 19.6. The van der Waals surface area contributed by atoms with Crippen molar-refractivity contribution in [2.24, 2.45) is 0 Å². The van der Waals surface area contributed by atoms with E-state index < -0.39 is 23.5 Å². The first kappa shape index (κ1) is 24.2. The summed E-state index contributed by atoms with van der Waals surface area (Å²) in [6.07, 6.45) is 4.90. The molecule has 3 aromatic rings. The van der Waals surface area contributed by atoms with Gasteiger partial charge in [-0.25, -0.2) is 4.98 Å². The number of aryl methyl sites for hydroxylation is 2. The van der Waals surface area contributed by atoms with Gasteiger partial charge in [0, 0.05) is 18.9 Å². The number of aliphatic hydroxyl groups excluding tert-OH is 1. The van der Waals surface area contributed by atoms with Crippen LogP contribution in [0.5, 0.6) is 11.5 Å². The number of carbonyl (C=O) groups excluding carboxylic acids is 2. The second-order valence-electron chi connectivity index (χ2n) is 7.95. The molecule has 35 heavy (non-hydrogen) atoms. The molecule has 1 aliphatic rings. The first-order chi connectivity index (χ1) is 16.8. The molecule has 1 aliphatic heterocycles. The predicted octanol–water partition coefficient (Wildman–Crippen LogP) is 4.51. The molecule has 0 spiro atoms. The van der Waals surface area contributed by atoms with Crippen LogP contribution >= 0.6 is 11.3 Å². The van der Waals surface area contributed by atoms with Gasteiger partial charge in [0.05, 0.1) is 34.3 Å². The number of Topliss-reactive ketones (excluding diaryl/α,β-unsaturated/α-hetero) is 1. The SMILES string of the molecule is C=CCOc1ccc(C2C(C(=O)c3sc(C)nc3C)=C(O)C(=O)N2Cc2cccnc2)cc1OC. The van der Waals surface area contributed by atoms with E-state index in [4.69, 9.17) is 9.47 Å². The summed E-state index contributed by atoms with van der Waals surface area (Å²) in [6, 6.07) is 7.93. The van der Waals surface area contributed by atoms with Gasteiger partial charge in [-0.1, -0.05) is 24.8 Å². The second-order valence-corrected chi connectivity index (χ2v) is 9.15. The molecule has 1 aromatic carbocycles. The fourth-order valence-corrected chi connectivity index (χ4v) is 4.94. The molecule has 1 amide bonds. The van der Waals surface area contributed by atoms with Crippen molar-refractivity contribution in [1.82, 2.24) is 14.9 Å². The lowest BCUT2D eigenvalue weighted by Crippen LogP contribution is -2.30. The van der Waals surface area contributed by atoms with Crippen LogP contribution in [0.25, 0.3) is 0 Å². The molecule has 0 saturated carbocycles. The van der Waals surface area contributed by atoms with E-state index in [1.165, 1.54) is 23.3 Å². The number of aliphatic hydroxyl groups is 1. The molecule has 1 unspecified atom stereocenters. The number of nitrogens with zero attached hydrogens (tertiary/aromatic N) is 3. The Morgan fingerprint density at radius 2 is 2.09 bits per heavy atom. The number of thiazole rings is 1. The van der Waals surface area contributed by atoms with E-state index in [1.807, 2.05) is 13.0 Å². The Hall–Kier alpha value is -3.98. The lowest BCUT2D eigenvalue weighted by Gasteiger charge is -2.27. The third-order valence-electron chi connectivity index (χ3n) is 5.59. The van der Waals surface area contributed by atoms with Crippen LogP contribution in [-0.2, 0) is 11.3 Å². The molecule has 2 aromatic heterocycles. The Balaban J connectivity index is 1.83. The highest BCUT2D eigenvalue weighted by atomic mass is 32.1. The zero-order valence-corrected chi connectivity index (χ0v) is 20.5. The van der Waals surface area contributed by atoms with Gasteiger partial charge < -0.3 is 19.5 Å². The Morgan fingerprint density at radius 3 is 2.71 bits per heavy atom. The average Bonchev–Trinajstić information content (AvgIpc) is 3.33. The van der Waals surface area contributed by atoms with E-state index in [1.54, 1.807) is 49.7 Å². The molecular formula is C26H25N3O5S. The summed E-state index contributed by atoms with van der Waals surface area (Å²) in [7, 11) is 1.51. The Morgan fingerprint density at radius 1 is 1.29 bits per heavy atom. The Kier molecular flexibility index (Phi) is 6.97. The predicted molar refractivity (Wildman–Crippen MR) is 132 cm³/mol. The molecule has 1 atom stereocenters. The Labute approximate surface area is 207 Å². The number of benzene rings is 1. The highest BCUT2D eigenvalue weighted by molar-refractivity contribution is 7.14. The summed E-state index contributed by atoms with van der Waals surface area (Å²) in [5.41, 5.74) is 1.92. The van der Waals surface area contributed by atoms with Crippen LogP contribution in [-0.4, -0.2) is 45.4 Å². The lowest BCUT2D eigenvalue weighted by molar-refractivity contribution is -0.130. The van der Waals surface area contributed by atoms with Crippen LogP contribution in [0.4, 0.5) is 0 Å². The molecule has 3 heterocycles. The van der Waals surface area contributed by atoms with Crippen LogP contribution in [0.3, 0.4) is 0 Å². The van der Waals surface area contributed by atoms with Crippen molar-refractivity contribution in [1.29, 1.82) is 0 Å². The molecule has 9 heteroatoms. The number of amides is 1. The maximum atomic E-state index is 13.7. The Bertz CT molecular complexity index is 1320. The summed E-state index contributed by atoms with van der Waals surface area (Å²) >= 11 is 1.23. The molecule has 0 bridgehead atoms. The first-order valence-electron chi connectivity index (χ1n) is 10.9. The minimum Gasteiger partial charge on any atom is -0.503 e. The molecule has 0 aliphatic carbocycles. The van der Waals surface area contributed by atoms with E-state index in [0.29, 0.717) is 34.2 Å². The molecule has 1 N–H and O–H groups in total.